The minimum atomic E-state index is -1.44. The van der Waals surface area contributed by atoms with Crippen LogP contribution in [0.5, 0.6) is 0 Å². The SMILES string of the molecule is CCNCc1cncc(B(O)O)c1.Cl. The van der Waals surface area contributed by atoms with Gasteiger partial charge in [-0.25, -0.2) is 0 Å². The summed E-state index contributed by atoms with van der Waals surface area (Å²) in [6.45, 7) is 3.59. The van der Waals surface area contributed by atoms with E-state index in [0.717, 1.165) is 12.1 Å². The summed E-state index contributed by atoms with van der Waals surface area (Å²) in [6.07, 6.45) is 3.15. The predicted octanol–water partition coefficient (Wildman–Crippen LogP) is -0.707. The first-order valence-corrected chi connectivity index (χ1v) is 4.24. The van der Waals surface area contributed by atoms with Gasteiger partial charge in [-0.05, 0) is 12.1 Å². The predicted molar refractivity (Wildman–Crippen MR) is 58.7 cm³/mol. The van der Waals surface area contributed by atoms with Crippen LogP contribution < -0.4 is 10.8 Å². The van der Waals surface area contributed by atoms with Crippen molar-refractivity contribution in [2.24, 2.45) is 0 Å². The maximum Gasteiger partial charge on any atom is 0.490 e. The molecule has 0 unspecified atom stereocenters. The lowest BCUT2D eigenvalue weighted by Gasteiger charge is -2.03. The van der Waals surface area contributed by atoms with Crippen molar-refractivity contribution in [3.05, 3.63) is 24.0 Å². The van der Waals surface area contributed by atoms with E-state index >= 15 is 0 Å². The smallest absolute Gasteiger partial charge is 0.423 e. The molecule has 0 aromatic carbocycles. The van der Waals surface area contributed by atoms with Crippen LogP contribution >= 0.6 is 12.4 Å². The number of nitrogens with zero attached hydrogens (tertiary/aromatic N) is 1. The van der Waals surface area contributed by atoms with Crippen LogP contribution in [0.4, 0.5) is 0 Å². The summed E-state index contributed by atoms with van der Waals surface area (Å²) in [4.78, 5) is 3.90. The molecule has 0 bridgehead atoms. The summed E-state index contributed by atoms with van der Waals surface area (Å²) in [6, 6.07) is 1.72. The monoisotopic (exact) mass is 216 g/mol. The Morgan fingerprint density at radius 2 is 2.14 bits per heavy atom. The number of nitrogens with one attached hydrogen (secondary N) is 1. The van der Waals surface area contributed by atoms with E-state index in [-0.39, 0.29) is 12.4 Å². The maximum atomic E-state index is 8.87. The zero-order chi connectivity index (χ0) is 9.68. The summed E-state index contributed by atoms with van der Waals surface area (Å²) in [5.41, 5.74) is 1.38. The molecule has 0 aliphatic rings. The van der Waals surface area contributed by atoms with E-state index in [0.29, 0.717) is 12.0 Å². The number of rotatable bonds is 4. The van der Waals surface area contributed by atoms with Gasteiger partial charge in [-0.3, -0.25) is 4.98 Å². The second kappa shape index (κ2) is 6.78. The van der Waals surface area contributed by atoms with Crippen molar-refractivity contribution in [2.45, 2.75) is 13.5 Å². The minimum absolute atomic E-state index is 0. The summed E-state index contributed by atoms with van der Waals surface area (Å²) < 4.78 is 0. The van der Waals surface area contributed by atoms with Crippen molar-refractivity contribution in [2.75, 3.05) is 6.54 Å². The van der Waals surface area contributed by atoms with E-state index in [1.54, 1.807) is 12.3 Å². The second-order valence-electron chi connectivity index (χ2n) is 2.78. The van der Waals surface area contributed by atoms with Crippen LogP contribution in [0, 0.1) is 0 Å². The quantitative estimate of drug-likeness (QED) is 0.582. The molecule has 4 nitrogen and oxygen atoms in total. The molecule has 6 heteroatoms. The number of pyridine rings is 1. The summed E-state index contributed by atoms with van der Waals surface area (Å²) in [5, 5.41) is 20.9. The molecule has 0 aliphatic heterocycles. The van der Waals surface area contributed by atoms with Gasteiger partial charge in [-0.2, -0.15) is 0 Å². The van der Waals surface area contributed by atoms with Crippen LogP contribution in [0.25, 0.3) is 0 Å². The molecule has 1 heterocycles. The van der Waals surface area contributed by atoms with E-state index in [2.05, 4.69) is 10.3 Å². The summed E-state index contributed by atoms with van der Waals surface area (Å²) >= 11 is 0. The third kappa shape index (κ3) is 4.06. The van der Waals surface area contributed by atoms with Gasteiger partial charge >= 0.3 is 7.12 Å². The molecule has 1 aromatic heterocycles. The molecule has 0 atom stereocenters. The fourth-order valence-electron chi connectivity index (χ4n) is 1.01. The molecule has 0 saturated heterocycles. The second-order valence-corrected chi connectivity index (χ2v) is 2.78. The Balaban J connectivity index is 0.00000169. The van der Waals surface area contributed by atoms with Crippen LogP contribution in [0.1, 0.15) is 12.5 Å². The van der Waals surface area contributed by atoms with Crippen LogP contribution in [0.2, 0.25) is 0 Å². The average molecular weight is 216 g/mol. The first-order chi connectivity index (χ1) is 6.24. The highest BCUT2D eigenvalue weighted by molar-refractivity contribution is 6.58. The van der Waals surface area contributed by atoms with Gasteiger partial charge < -0.3 is 15.4 Å². The van der Waals surface area contributed by atoms with Gasteiger partial charge in [0.1, 0.15) is 0 Å². The zero-order valence-electron chi connectivity index (χ0n) is 7.97. The van der Waals surface area contributed by atoms with Crippen LogP contribution in [-0.2, 0) is 6.54 Å². The van der Waals surface area contributed by atoms with Gasteiger partial charge in [-0.1, -0.05) is 13.0 Å². The van der Waals surface area contributed by atoms with Crippen molar-refractivity contribution in [1.29, 1.82) is 0 Å². The van der Waals surface area contributed by atoms with Crippen LogP contribution in [-0.4, -0.2) is 28.7 Å². The van der Waals surface area contributed by atoms with E-state index in [1.165, 1.54) is 6.20 Å². The first-order valence-electron chi connectivity index (χ1n) is 4.24. The highest BCUT2D eigenvalue weighted by atomic mass is 35.5. The molecule has 78 valence electrons. The molecular weight excluding hydrogens is 202 g/mol. The Kier molecular flexibility index (Phi) is 6.48. The fourth-order valence-corrected chi connectivity index (χ4v) is 1.01. The maximum absolute atomic E-state index is 8.87. The number of hydrogen-bond acceptors (Lipinski definition) is 4. The van der Waals surface area contributed by atoms with E-state index in [4.69, 9.17) is 10.0 Å². The topological polar surface area (TPSA) is 65.4 Å². The molecule has 0 spiro atoms. The standard InChI is InChI=1S/C8H13BN2O2.ClH/c1-2-10-4-7-3-8(9(12)13)6-11-5-7;/h3,5-6,10,12-13H,2,4H2,1H3;1H. The molecular formula is C8H14BClN2O2. The van der Waals surface area contributed by atoms with Gasteiger partial charge in [0.25, 0.3) is 0 Å². The third-order valence-electron chi connectivity index (χ3n) is 1.69. The lowest BCUT2D eigenvalue weighted by molar-refractivity contribution is 0.425. The summed E-state index contributed by atoms with van der Waals surface area (Å²) in [7, 11) is -1.44. The van der Waals surface area contributed by atoms with Crippen molar-refractivity contribution < 1.29 is 10.0 Å². The Bertz CT molecular complexity index is 273. The van der Waals surface area contributed by atoms with E-state index < -0.39 is 7.12 Å². The average Bonchev–Trinajstić information content (AvgIpc) is 2.15. The van der Waals surface area contributed by atoms with E-state index in [9.17, 15) is 0 Å². The Hall–Kier alpha value is -0.615. The molecule has 0 amide bonds. The molecule has 0 fully saturated rings. The molecule has 3 N–H and O–H groups in total. The zero-order valence-corrected chi connectivity index (χ0v) is 8.79. The lowest BCUT2D eigenvalue weighted by Crippen LogP contribution is -2.30. The van der Waals surface area contributed by atoms with E-state index in [1.807, 2.05) is 6.92 Å². The highest BCUT2D eigenvalue weighted by Gasteiger charge is 2.10. The molecule has 14 heavy (non-hydrogen) atoms. The molecule has 0 radical (unpaired) electrons. The first kappa shape index (κ1) is 13.4. The Labute approximate surface area is 89.9 Å². The summed E-state index contributed by atoms with van der Waals surface area (Å²) in [5.74, 6) is 0. The van der Waals surface area contributed by atoms with Crippen LogP contribution in [0.3, 0.4) is 0 Å². The van der Waals surface area contributed by atoms with Gasteiger partial charge in [0, 0.05) is 24.4 Å². The molecule has 0 aliphatic carbocycles. The van der Waals surface area contributed by atoms with Crippen LogP contribution in [0.15, 0.2) is 18.5 Å². The molecule has 1 rings (SSSR count). The van der Waals surface area contributed by atoms with Crippen molar-refractivity contribution in [3.63, 3.8) is 0 Å². The molecule has 0 saturated carbocycles. The Morgan fingerprint density at radius 3 is 2.71 bits per heavy atom. The van der Waals surface area contributed by atoms with Gasteiger partial charge in [0.15, 0.2) is 0 Å². The van der Waals surface area contributed by atoms with Crippen molar-refractivity contribution in [3.8, 4) is 0 Å². The minimum Gasteiger partial charge on any atom is -0.423 e. The number of aromatic nitrogens is 1. The highest BCUT2D eigenvalue weighted by Crippen LogP contribution is 1.93. The van der Waals surface area contributed by atoms with Gasteiger partial charge in [0.05, 0.1) is 0 Å². The number of halogens is 1. The van der Waals surface area contributed by atoms with Gasteiger partial charge in [0.2, 0.25) is 0 Å². The normalized spacial score (nSPS) is 9.36. The largest absolute Gasteiger partial charge is 0.490 e. The molecule has 1 aromatic rings. The lowest BCUT2D eigenvalue weighted by atomic mass is 9.81. The Morgan fingerprint density at radius 1 is 1.43 bits per heavy atom. The van der Waals surface area contributed by atoms with Crippen molar-refractivity contribution in [1.82, 2.24) is 10.3 Å². The number of hydrogen-bond donors (Lipinski definition) is 3. The van der Waals surface area contributed by atoms with Crippen molar-refractivity contribution >= 4 is 25.0 Å². The fraction of sp³-hybridized carbons (Fsp3) is 0.375. The third-order valence-corrected chi connectivity index (χ3v) is 1.69. The van der Waals surface area contributed by atoms with Gasteiger partial charge in [-0.15, -0.1) is 12.4 Å².